The molecule has 13 heavy (non-hydrogen) atoms. The van der Waals surface area contributed by atoms with Gasteiger partial charge in [-0.15, -0.1) is 0 Å². The van der Waals surface area contributed by atoms with Gasteiger partial charge in [0.25, 0.3) is 0 Å². The second-order valence-electron chi connectivity index (χ2n) is 3.90. The lowest BCUT2D eigenvalue weighted by atomic mass is 9.98. The normalized spacial score (nSPS) is 17.5. The SMILES string of the molecule is CC(C)CC(C)C=C(O)C(O)CO. The van der Waals surface area contributed by atoms with Crippen LogP contribution in [0.2, 0.25) is 0 Å². The largest absolute Gasteiger partial charge is 0.510 e. The van der Waals surface area contributed by atoms with Crippen LogP contribution in [0.1, 0.15) is 27.2 Å². The maximum atomic E-state index is 9.25. The van der Waals surface area contributed by atoms with Crippen molar-refractivity contribution in [2.24, 2.45) is 11.8 Å². The van der Waals surface area contributed by atoms with E-state index in [4.69, 9.17) is 10.2 Å². The van der Waals surface area contributed by atoms with Gasteiger partial charge in [0.05, 0.1) is 6.61 Å². The molecular formula is C10H20O3. The Kier molecular flexibility index (Phi) is 5.75. The summed E-state index contributed by atoms with van der Waals surface area (Å²) < 4.78 is 0. The molecule has 0 amide bonds. The van der Waals surface area contributed by atoms with Crippen molar-refractivity contribution in [1.29, 1.82) is 0 Å². The lowest BCUT2D eigenvalue weighted by Crippen LogP contribution is -2.15. The first-order chi connectivity index (χ1) is 5.97. The zero-order valence-corrected chi connectivity index (χ0v) is 8.57. The van der Waals surface area contributed by atoms with E-state index in [1.165, 1.54) is 0 Å². The molecule has 2 unspecified atom stereocenters. The number of rotatable bonds is 5. The molecule has 0 saturated carbocycles. The van der Waals surface area contributed by atoms with Gasteiger partial charge < -0.3 is 15.3 Å². The van der Waals surface area contributed by atoms with E-state index in [9.17, 15) is 5.11 Å². The Morgan fingerprint density at radius 3 is 2.23 bits per heavy atom. The summed E-state index contributed by atoms with van der Waals surface area (Å²) in [5, 5.41) is 26.8. The zero-order valence-electron chi connectivity index (χ0n) is 8.57. The van der Waals surface area contributed by atoms with E-state index in [0.717, 1.165) is 6.42 Å². The van der Waals surface area contributed by atoms with Gasteiger partial charge in [-0.25, -0.2) is 0 Å². The highest BCUT2D eigenvalue weighted by molar-refractivity contribution is 4.99. The van der Waals surface area contributed by atoms with Crippen LogP contribution in [0.25, 0.3) is 0 Å². The van der Waals surface area contributed by atoms with Crippen molar-refractivity contribution < 1.29 is 15.3 Å². The van der Waals surface area contributed by atoms with Crippen molar-refractivity contribution >= 4 is 0 Å². The van der Waals surface area contributed by atoms with Gasteiger partial charge in [-0.1, -0.05) is 20.8 Å². The van der Waals surface area contributed by atoms with E-state index in [1.807, 2.05) is 6.92 Å². The fraction of sp³-hybridized carbons (Fsp3) is 0.800. The fourth-order valence-corrected chi connectivity index (χ4v) is 1.31. The lowest BCUT2D eigenvalue weighted by Gasteiger charge is -2.12. The summed E-state index contributed by atoms with van der Waals surface area (Å²) in [6.45, 7) is 5.74. The molecule has 0 bridgehead atoms. The van der Waals surface area contributed by atoms with E-state index in [2.05, 4.69) is 13.8 Å². The highest BCUT2D eigenvalue weighted by Crippen LogP contribution is 2.14. The van der Waals surface area contributed by atoms with Gasteiger partial charge in [-0.2, -0.15) is 0 Å². The second-order valence-corrected chi connectivity index (χ2v) is 3.90. The van der Waals surface area contributed by atoms with Crippen molar-refractivity contribution in [1.82, 2.24) is 0 Å². The molecule has 78 valence electrons. The molecule has 0 heterocycles. The number of allylic oxidation sites excluding steroid dienone is 1. The maximum absolute atomic E-state index is 9.25. The molecule has 0 fully saturated rings. The molecule has 0 aliphatic rings. The van der Waals surface area contributed by atoms with Crippen molar-refractivity contribution in [3.63, 3.8) is 0 Å². The second kappa shape index (κ2) is 6.00. The molecule has 0 aromatic rings. The third kappa shape index (κ3) is 5.66. The number of aliphatic hydroxyl groups is 3. The van der Waals surface area contributed by atoms with Crippen LogP contribution in [0.4, 0.5) is 0 Å². The topological polar surface area (TPSA) is 60.7 Å². The van der Waals surface area contributed by atoms with Gasteiger partial charge in [0.15, 0.2) is 0 Å². The molecule has 0 aliphatic heterocycles. The lowest BCUT2D eigenvalue weighted by molar-refractivity contribution is 0.0859. The molecule has 0 saturated heterocycles. The number of hydrogen-bond acceptors (Lipinski definition) is 3. The molecule has 3 N–H and O–H groups in total. The van der Waals surface area contributed by atoms with Crippen molar-refractivity contribution in [3.8, 4) is 0 Å². The molecule has 0 rings (SSSR count). The minimum Gasteiger partial charge on any atom is -0.510 e. The van der Waals surface area contributed by atoms with Gasteiger partial charge in [0.2, 0.25) is 0 Å². The van der Waals surface area contributed by atoms with Crippen LogP contribution >= 0.6 is 0 Å². The molecule has 0 aromatic carbocycles. The monoisotopic (exact) mass is 188 g/mol. The molecule has 0 aromatic heterocycles. The van der Waals surface area contributed by atoms with Crippen molar-refractivity contribution in [2.45, 2.75) is 33.3 Å². The predicted molar refractivity (Wildman–Crippen MR) is 52.4 cm³/mol. The smallest absolute Gasteiger partial charge is 0.133 e. The quantitative estimate of drug-likeness (QED) is 0.572. The Hall–Kier alpha value is -0.540. The van der Waals surface area contributed by atoms with Crippen LogP contribution in [0.15, 0.2) is 11.8 Å². The summed E-state index contributed by atoms with van der Waals surface area (Å²) >= 11 is 0. The first-order valence-corrected chi connectivity index (χ1v) is 4.67. The van der Waals surface area contributed by atoms with Crippen molar-refractivity contribution in [2.75, 3.05) is 6.61 Å². The van der Waals surface area contributed by atoms with E-state index in [1.54, 1.807) is 6.08 Å². The summed E-state index contributed by atoms with van der Waals surface area (Å²) in [7, 11) is 0. The first-order valence-electron chi connectivity index (χ1n) is 4.67. The Bertz CT molecular complexity index is 164. The van der Waals surface area contributed by atoms with Crippen LogP contribution in [0.3, 0.4) is 0 Å². The third-order valence-electron chi connectivity index (χ3n) is 1.81. The molecule has 0 spiro atoms. The van der Waals surface area contributed by atoms with Crippen LogP contribution in [0.5, 0.6) is 0 Å². The summed E-state index contributed by atoms with van der Waals surface area (Å²) in [6, 6.07) is 0. The van der Waals surface area contributed by atoms with Crippen LogP contribution in [-0.4, -0.2) is 28.0 Å². The summed E-state index contributed by atoms with van der Waals surface area (Å²) in [6.07, 6.45) is 1.43. The minimum absolute atomic E-state index is 0.129. The number of aliphatic hydroxyl groups excluding tert-OH is 3. The van der Waals surface area contributed by atoms with Crippen LogP contribution in [-0.2, 0) is 0 Å². The standard InChI is InChI=1S/C10H20O3/c1-7(2)4-8(3)5-9(12)10(13)6-11/h5,7-8,10-13H,4,6H2,1-3H3. The average molecular weight is 188 g/mol. The Morgan fingerprint density at radius 1 is 1.31 bits per heavy atom. The van der Waals surface area contributed by atoms with Gasteiger partial charge in [0.1, 0.15) is 11.9 Å². The van der Waals surface area contributed by atoms with Crippen LogP contribution < -0.4 is 0 Å². The summed E-state index contributed by atoms with van der Waals surface area (Å²) in [5.41, 5.74) is 0. The molecule has 2 atom stereocenters. The molecular weight excluding hydrogens is 168 g/mol. The highest BCUT2D eigenvalue weighted by Gasteiger charge is 2.10. The molecule has 0 radical (unpaired) electrons. The Balaban J connectivity index is 4.05. The van der Waals surface area contributed by atoms with Gasteiger partial charge in [-0.05, 0) is 24.3 Å². The van der Waals surface area contributed by atoms with E-state index in [-0.39, 0.29) is 11.7 Å². The summed E-state index contributed by atoms with van der Waals surface area (Å²) in [4.78, 5) is 0. The highest BCUT2D eigenvalue weighted by atomic mass is 16.3. The Labute approximate surface area is 79.7 Å². The summed E-state index contributed by atoms with van der Waals surface area (Å²) in [5.74, 6) is 0.655. The predicted octanol–water partition coefficient (Wildman–Crippen LogP) is 1.46. The third-order valence-corrected chi connectivity index (χ3v) is 1.81. The zero-order chi connectivity index (χ0) is 10.4. The molecule has 3 heteroatoms. The van der Waals surface area contributed by atoms with Crippen molar-refractivity contribution in [3.05, 3.63) is 11.8 Å². The van der Waals surface area contributed by atoms with Gasteiger partial charge >= 0.3 is 0 Å². The van der Waals surface area contributed by atoms with Crippen LogP contribution in [0, 0.1) is 11.8 Å². The fourth-order valence-electron chi connectivity index (χ4n) is 1.31. The first kappa shape index (κ1) is 12.5. The van der Waals surface area contributed by atoms with E-state index < -0.39 is 12.7 Å². The average Bonchev–Trinajstić information content (AvgIpc) is 2.01. The number of hydrogen-bond donors (Lipinski definition) is 3. The molecule has 3 nitrogen and oxygen atoms in total. The molecule has 0 aliphatic carbocycles. The minimum atomic E-state index is -1.13. The van der Waals surface area contributed by atoms with Gasteiger partial charge in [-0.3, -0.25) is 0 Å². The van der Waals surface area contributed by atoms with E-state index >= 15 is 0 Å². The van der Waals surface area contributed by atoms with Gasteiger partial charge in [0, 0.05) is 0 Å². The van der Waals surface area contributed by atoms with E-state index in [0.29, 0.717) is 5.92 Å². The Morgan fingerprint density at radius 2 is 1.85 bits per heavy atom. The maximum Gasteiger partial charge on any atom is 0.133 e.